The molecule has 0 aliphatic rings. The molecule has 1 aromatic heterocycles. The third kappa shape index (κ3) is 3.43. The van der Waals surface area contributed by atoms with Crippen LogP contribution in [-0.2, 0) is 6.54 Å². The van der Waals surface area contributed by atoms with E-state index in [2.05, 4.69) is 10.4 Å². The molecule has 0 spiro atoms. The molecular weight excluding hydrogens is 350 g/mol. The molecule has 5 nitrogen and oxygen atoms in total. The Morgan fingerprint density at radius 3 is 2.62 bits per heavy atom. The maximum absolute atomic E-state index is 12.3. The molecule has 4 aromatic rings. The van der Waals surface area contributed by atoms with Gasteiger partial charge in [-0.2, -0.15) is 0 Å². The van der Waals surface area contributed by atoms with Crippen LogP contribution in [0.3, 0.4) is 0 Å². The first-order chi connectivity index (χ1) is 12.7. The Hall–Kier alpha value is -3.18. The van der Waals surface area contributed by atoms with Gasteiger partial charge in [0.2, 0.25) is 0 Å². The van der Waals surface area contributed by atoms with E-state index in [0.717, 1.165) is 22.3 Å². The van der Waals surface area contributed by atoms with Crippen molar-refractivity contribution < 1.29 is 9.53 Å². The number of fused-ring (bicyclic) bond motifs is 1. The first-order valence-electron chi connectivity index (χ1n) is 8.15. The number of amides is 1. The van der Waals surface area contributed by atoms with E-state index in [0.29, 0.717) is 17.3 Å². The van der Waals surface area contributed by atoms with Gasteiger partial charge in [0.1, 0.15) is 11.5 Å². The lowest BCUT2D eigenvalue weighted by Crippen LogP contribution is -2.32. The highest BCUT2D eigenvalue weighted by molar-refractivity contribution is 6.30. The summed E-state index contributed by atoms with van der Waals surface area (Å²) >= 11 is 5.95. The minimum absolute atomic E-state index is 0.228. The molecule has 0 atom stereocenters. The molecule has 1 amide bonds. The van der Waals surface area contributed by atoms with Crippen LogP contribution in [0.1, 0.15) is 5.56 Å². The number of halogens is 1. The van der Waals surface area contributed by atoms with Gasteiger partial charge in [0.15, 0.2) is 0 Å². The van der Waals surface area contributed by atoms with Crippen molar-refractivity contribution >= 4 is 28.7 Å². The Morgan fingerprint density at radius 1 is 1.00 bits per heavy atom. The van der Waals surface area contributed by atoms with E-state index in [4.69, 9.17) is 16.3 Å². The van der Waals surface area contributed by atoms with Gasteiger partial charge in [-0.15, -0.1) is 0 Å². The summed E-state index contributed by atoms with van der Waals surface area (Å²) < 4.78 is 7.25. The zero-order valence-corrected chi connectivity index (χ0v) is 14.5. The molecular formula is C20H16ClN3O2. The normalized spacial score (nSPS) is 10.8. The molecule has 0 aliphatic carbocycles. The molecule has 0 radical (unpaired) electrons. The molecule has 0 saturated carbocycles. The quantitative estimate of drug-likeness (QED) is 0.524. The maximum atomic E-state index is 12.3. The van der Waals surface area contributed by atoms with Crippen LogP contribution in [-0.4, -0.2) is 15.8 Å². The Balaban J connectivity index is 1.44. The Kier molecular flexibility index (Phi) is 4.37. The second-order valence-corrected chi connectivity index (χ2v) is 6.27. The molecule has 2 N–H and O–H groups in total. The van der Waals surface area contributed by atoms with Crippen molar-refractivity contribution in [3.8, 4) is 11.5 Å². The lowest BCUT2D eigenvalue weighted by atomic mass is 10.2. The monoisotopic (exact) mass is 365 g/mol. The molecule has 0 aliphatic heterocycles. The number of para-hydroxylation sites is 1. The number of ether oxygens (including phenoxy) is 1. The van der Waals surface area contributed by atoms with E-state index >= 15 is 0 Å². The lowest BCUT2D eigenvalue weighted by molar-refractivity contribution is 0.239. The summed E-state index contributed by atoms with van der Waals surface area (Å²) in [7, 11) is 0. The van der Waals surface area contributed by atoms with Crippen LogP contribution >= 0.6 is 11.6 Å². The number of hydrogen-bond donors (Lipinski definition) is 2. The third-order valence-electron chi connectivity index (χ3n) is 3.96. The second kappa shape index (κ2) is 6.98. The predicted octanol–water partition coefficient (Wildman–Crippen LogP) is 5.17. The van der Waals surface area contributed by atoms with Crippen molar-refractivity contribution in [2.45, 2.75) is 6.54 Å². The number of H-pyrrole nitrogens is 1. The van der Waals surface area contributed by atoms with E-state index in [9.17, 15) is 4.79 Å². The highest BCUT2D eigenvalue weighted by Crippen LogP contribution is 2.25. The summed E-state index contributed by atoms with van der Waals surface area (Å²) in [5.41, 5.74) is 2.59. The molecule has 3 aromatic carbocycles. The van der Waals surface area contributed by atoms with E-state index in [1.54, 1.807) is 6.07 Å². The van der Waals surface area contributed by atoms with Crippen molar-refractivity contribution in [1.82, 2.24) is 15.1 Å². The molecule has 0 fully saturated rings. The van der Waals surface area contributed by atoms with Crippen LogP contribution < -0.4 is 10.1 Å². The molecule has 26 heavy (non-hydrogen) atoms. The van der Waals surface area contributed by atoms with E-state index in [-0.39, 0.29) is 6.03 Å². The molecule has 4 rings (SSSR count). The molecule has 1 heterocycles. The minimum Gasteiger partial charge on any atom is -0.457 e. The van der Waals surface area contributed by atoms with Crippen LogP contribution in [0, 0.1) is 0 Å². The Bertz CT molecular complexity index is 1050. The van der Waals surface area contributed by atoms with Crippen molar-refractivity contribution in [3.05, 3.63) is 83.4 Å². The van der Waals surface area contributed by atoms with E-state index in [1.165, 1.54) is 4.68 Å². The smallest absolute Gasteiger partial charge is 0.341 e. The predicted molar refractivity (Wildman–Crippen MR) is 102 cm³/mol. The Morgan fingerprint density at radius 2 is 1.85 bits per heavy atom. The molecule has 6 heteroatoms. The number of rotatable bonds is 4. The largest absolute Gasteiger partial charge is 0.457 e. The van der Waals surface area contributed by atoms with Gasteiger partial charge in [0.05, 0.1) is 11.0 Å². The molecule has 0 bridgehead atoms. The summed E-state index contributed by atoms with van der Waals surface area (Å²) in [5, 5.41) is 6.52. The first kappa shape index (κ1) is 16.3. The van der Waals surface area contributed by atoms with Crippen molar-refractivity contribution in [1.29, 1.82) is 0 Å². The summed E-state index contributed by atoms with van der Waals surface area (Å²) in [5.74, 6) is 1.48. The number of nitrogens with zero attached hydrogens (tertiary/aromatic N) is 1. The number of carbonyl (C=O) groups excluding carboxylic acids is 1. The zero-order valence-electron chi connectivity index (χ0n) is 13.8. The topological polar surface area (TPSA) is 59.0 Å². The summed E-state index contributed by atoms with van der Waals surface area (Å²) in [4.78, 5) is 12.3. The average molecular weight is 366 g/mol. The number of aromatic nitrogens is 2. The van der Waals surface area contributed by atoms with Crippen LogP contribution in [0.4, 0.5) is 4.79 Å². The highest BCUT2D eigenvalue weighted by atomic mass is 35.5. The van der Waals surface area contributed by atoms with Gasteiger partial charge in [0.25, 0.3) is 0 Å². The Labute approximate surface area is 155 Å². The van der Waals surface area contributed by atoms with Crippen LogP contribution in [0.5, 0.6) is 11.5 Å². The van der Waals surface area contributed by atoms with Crippen LogP contribution in [0.15, 0.2) is 72.8 Å². The highest BCUT2D eigenvalue weighted by Gasteiger charge is 2.13. The van der Waals surface area contributed by atoms with Gasteiger partial charge in [-0.1, -0.05) is 41.9 Å². The van der Waals surface area contributed by atoms with Crippen molar-refractivity contribution in [2.24, 2.45) is 0 Å². The number of hydrogen-bond acceptors (Lipinski definition) is 2. The van der Waals surface area contributed by atoms with Crippen molar-refractivity contribution in [3.63, 3.8) is 0 Å². The van der Waals surface area contributed by atoms with Gasteiger partial charge >= 0.3 is 6.03 Å². The summed E-state index contributed by atoms with van der Waals surface area (Å²) in [6, 6.07) is 22.3. The van der Waals surface area contributed by atoms with Gasteiger partial charge in [-0.3, -0.25) is 5.10 Å². The molecule has 130 valence electrons. The van der Waals surface area contributed by atoms with Crippen LogP contribution in [0.25, 0.3) is 11.0 Å². The van der Waals surface area contributed by atoms with E-state index < -0.39 is 0 Å². The minimum atomic E-state index is -0.228. The lowest BCUT2D eigenvalue weighted by Gasteiger charge is -2.17. The van der Waals surface area contributed by atoms with Gasteiger partial charge in [-0.25, -0.2) is 9.48 Å². The molecule has 0 unspecified atom stereocenters. The SMILES string of the molecule is O=C(NCc1cccc(Cl)c1)n1[nH]c2cc(Oc3ccccc3)ccc21. The standard InChI is InChI=1S/C20H16ClN3O2/c21-15-6-4-5-14(11-15)13-22-20(25)24-19-10-9-17(12-18(19)23-24)26-16-7-2-1-3-8-16/h1-12,23H,13H2,(H,22,25). The fourth-order valence-electron chi connectivity index (χ4n) is 2.68. The first-order valence-corrected chi connectivity index (χ1v) is 8.53. The van der Waals surface area contributed by atoms with E-state index in [1.807, 2.05) is 66.7 Å². The fraction of sp³-hybridized carbons (Fsp3) is 0.0500. The molecule has 0 saturated heterocycles. The van der Waals surface area contributed by atoms with Gasteiger partial charge < -0.3 is 10.1 Å². The number of benzene rings is 3. The van der Waals surface area contributed by atoms with Gasteiger partial charge in [-0.05, 0) is 42.0 Å². The van der Waals surface area contributed by atoms with Crippen LogP contribution in [0.2, 0.25) is 5.02 Å². The summed E-state index contributed by atoms with van der Waals surface area (Å²) in [6.07, 6.45) is 0. The number of aromatic amines is 1. The number of nitrogens with one attached hydrogen (secondary N) is 2. The van der Waals surface area contributed by atoms with Crippen molar-refractivity contribution in [2.75, 3.05) is 0 Å². The summed E-state index contributed by atoms with van der Waals surface area (Å²) in [6.45, 7) is 0.405. The maximum Gasteiger partial charge on any atom is 0.341 e. The second-order valence-electron chi connectivity index (χ2n) is 5.83. The number of carbonyl (C=O) groups is 1. The fourth-order valence-corrected chi connectivity index (χ4v) is 2.89. The zero-order chi connectivity index (χ0) is 17.9. The average Bonchev–Trinajstić information content (AvgIpc) is 2.63. The third-order valence-corrected chi connectivity index (χ3v) is 4.19. The van der Waals surface area contributed by atoms with Gasteiger partial charge in [0, 0.05) is 17.6 Å².